The molecule has 0 atom stereocenters. The minimum Gasteiger partial charge on any atom is -0.457 e. The highest BCUT2D eigenvalue weighted by molar-refractivity contribution is 5.75. The van der Waals surface area contributed by atoms with Gasteiger partial charge in [-0.1, -0.05) is 72.8 Å². The van der Waals surface area contributed by atoms with Crippen molar-refractivity contribution in [1.82, 2.24) is 0 Å². The Morgan fingerprint density at radius 3 is 1.88 bits per heavy atom. The van der Waals surface area contributed by atoms with Gasteiger partial charge in [0.25, 0.3) is 0 Å². The molecule has 0 saturated heterocycles. The Labute approximate surface area is 190 Å². The van der Waals surface area contributed by atoms with Crippen LogP contribution < -0.4 is 9.47 Å². The van der Waals surface area contributed by atoms with Gasteiger partial charge in [-0.3, -0.25) is 0 Å². The molecule has 4 rings (SSSR count). The number of rotatable bonds is 9. The molecule has 4 aromatic rings. The number of allylic oxidation sites excluding steroid dienone is 2. The van der Waals surface area contributed by atoms with Crippen molar-refractivity contribution in [3.05, 3.63) is 133 Å². The van der Waals surface area contributed by atoms with E-state index in [2.05, 4.69) is 31.4 Å². The van der Waals surface area contributed by atoms with Crippen molar-refractivity contribution in [3.63, 3.8) is 0 Å². The summed E-state index contributed by atoms with van der Waals surface area (Å²) in [7, 11) is 0. The van der Waals surface area contributed by atoms with Crippen molar-refractivity contribution in [2.75, 3.05) is 0 Å². The van der Waals surface area contributed by atoms with Gasteiger partial charge in [0.1, 0.15) is 23.0 Å². The zero-order valence-electron chi connectivity index (χ0n) is 18.0. The molecule has 0 amide bonds. The van der Waals surface area contributed by atoms with E-state index in [4.69, 9.17) is 9.47 Å². The highest BCUT2D eigenvalue weighted by atomic mass is 16.5. The molecule has 0 spiro atoms. The zero-order chi connectivity index (χ0) is 22.2. The molecule has 0 N–H and O–H groups in total. The van der Waals surface area contributed by atoms with Gasteiger partial charge in [-0.25, -0.2) is 0 Å². The molecule has 0 aliphatic carbocycles. The average Bonchev–Trinajstić information content (AvgIpc) is 2.83. The van der Waals surface area contributed by atoms with Gasteiger partial charge in [0, 0.05) is 11.1 Å². The van der Waals surface area contributed by atoms with E-state index in [-0.39, 0.29) is 0 Å². The lowest BCUT2D eigenvalue weighted by Crippen LogP contribution is -2.00. The highest BCUT2D eigenvalue weighted by Gasteiger charge is 2.16. The van der Waals surface area contributed by atoms with Gasteiger partial charge in [0.05, 0.1) is 0 Å². The minimum atomic E-state index is 0.708. The fourth-order valence-corrected chi connectivity index (χ4v) is 3.69. The van der Waals surface area contributed by atoms with E-state index in [1.807, 2.05) is 91.0 Å². The third kappa shape index (κ3) is 4.98. The second-order valence-electron chi connectivity index (χ2n) is 7.42. The lowest BCUT2D eigenvalue weighted by molar-refractivity contribution is 0.478. The van der Waals surface area contributed by atoms with Crippen LogP contribution in [0.2, 0.25) is 0 Å². The predicted octanol–water partition coefficient (Wildman–Crippen LogP) is 8.40. The largest absolute Gasteiger partial charge is 0.457 e. The van der Waals surface area contributed by atoms with Gasteiger partial charge in [0.2, 0.25) is 0 Å². The summed E-state index contributed by atoms with van der Waals surface area (Å²) in [5.41, 5.74) is 4.35. The van der Waals surface area contributed by atoms with E-state index in [0.29, 0.717) is 6.42 Å². The molecule has 0 aromatic heterocycles. The fourth-order valence-electron chi connectivity index (χ4n) is 3.69. The van der Waals surface area contributed by atoms with E-state index in [0.717, 1.165) is 46.1 Å². The summed E-state index contributed by atoms with van der Waals surface area (Å²) < 4.78 is 12.5. The molecule has 0 saturated carbocycles. The molecule has 4 aromatic carbocycles. The predicted molar refractivity (Wildman–Crippen MR) is 133 cm³/mol. The average molecular weight is 419 g/mol. The van der Waals surface area contributed by atoms with Crippen LogP contribution in [0.25, 0.3) is 11.1 Å². The first kappa shape index (κ1) is 21.2. The molecule has 2 nitrogen and oxygen atoms in total. The van der Waals surface area contributed by atoms with Gasteiger partial charge in [-0.15, -0.1) is 13.2 Å². The number of hydrogen-bond acceptors (Lipinski definition) is 2. The third-order valence-electron chi connectivity index (χ3n) is 5.16. The Balaban J connectivity index is 1.80. The summed E-state index contributed by atoms with van der Waals surface area (Å²) >= 11 is 0. The maximum atomic E-state index is 6.47. The Hall–Kier alpha value is -4.04. The number of para-hydroxylation sites is 2. The third-order valence-corrected chi connectivity index (χ3v) is 5.16. The molecule has 2 heteroatoms. The van der Waals surface area contributed by atoms with Gasteiger partial charge in [-0.05, 0) is 60.4 Å². The summed E-state index contributed by atoms with van der Waals surface area (Å²) in [6.07, 6.45) is 5.31. The Kier molecular flexibility index (Phi) is 6.84. The molecule has 0 aliphatic rings. The van der Waals surface area contributed by atoms with Crippen LogP contribution in [0.1, 0.15) is 11.1 Å². The van der Waals surface area contributed by atoms with Gasteiger partial charge in [0.15, 0.2) is 0 Å². The molecule has 0 radical (unpaired) electrons. The molecule has 0 fully saturated rings. The summed E-state index contributed by atoms with van der Waals surface area (Å²) in [6, 6.07) is 32.0. The van der Waals surface area contributed by atoms with Crippen LogP contribution in [0.5, 0.6) is 23.0 Å². The van der Waals surface area contributed by atoms with Crippen LogP contribution in [0.3, 0.4) is 0 Å². The van der Waals surface area contributed by atoms with Crippen molar-refractivity contribution >= 4 is 0 Å². The molecule has 0 aliphatic heterocycles. The normalized spacial score (nSPS) is 10.4. The van der Waals surface area contributed by atoms with Crippen LogP contribution in [-0.2, 0) is 12.8 Å². The maximum Gasteiger partial charge on any atom is 0.139 e. The Morgan fingerprint density at radius 2 is 1.22 bits per heavy atom. The lowest BCUT2D eigenvalue weighted by atomic mass is 9.94. The van der Waals surface area contributed by atoms with Crippen LogP contribution in [0, 0.1) is 0 Å². The summed E-state index contributed by atoms with van der Waals surface area (Å²) in [6.45, 7) is 7.89. The molecule has 158 valence electrons. The second kappa shape index (κ2) is 10.3. The topological polar surface area (TPSA) is 18.5 Å². The first-order chi connectivity index (χ1) is 15.8. The van der Waals surface area contributed by atoms with Crippen LogP contribution in [0.4, 0.5) is 0 Å². The van der Waals surface area contributed by atoms with Crippen molar-refractivity contribution in [1.29, 1.82) is 0 Å². The molecular weight excluding hydrogens is 392 g/mol. The van der Waals surface area contributed by atoms with Crippen molar-refractivity contribution < 1.29 is 9.47 Å². The van der Waals surface area contributed by atoms with E-state index in [9.17, 15) is 0 Å². The molecular formula is C30H26O2. The quantitative estimate of drug-likeness (QED) is 0.254. The van der Waals surface area contributed by atoms with E-state index in [1.54, 1.807) is 0 Å². The maximum absolute atomic E-state index is 6.47. The smallest absolute Gasteiger partial charge is 0.139 e. The summed E-state index contributed by atoms with van der Waals surface area (Å²) in [5.74, 6) is 3.22. The highest BCUT2D eigenvalue weighted by Crippen LogP contribution is 2.40. The monoisotopic (exact) mass is 418 g/mol. The van der Waals surface area contributed by atoms with Gasteiger partial charge >= 0.3 is 0 Å². The van der Waals surface area contributed by atoms with Crippen molar-refractivity contribution in [3.8, 4) is 34.1 Å². The van der Waals surface area contributed by atoms with Crippen LogP contribution in [0.15, 0.2) is 122 Å². The number of ether oxygens (including phenoxy) is 2. The Bertz CT molecular complexity index is 1190. The number of benzene rings is 4. The molecule has 0 heterocycles. The summed E-state index contributed by atoms with van der Waals surface area (Å²) in [4.78, 5) is 0. The Morgan fingerprint density at radius 1 is 0.594 bits per heavy atom. The fraction of sp³-hybridized carbons (Fsp3) is 0.0667. The van der Waals surface area contributed by atoms with Gasteiger partial charge in [-0.2, -0.15) is 0 Å². The minimum absolute atomic E-state index is 0.708. The lowest BCUT2D eigenvalue weighted by Gasteiger charge is -2.19. The zero-order valence-corrected chi connectivity index (χ0v) is 18.0. The van der Waals surface area contributed by atoms with E-state index >= 15 is 0 Å². The first-order valence-corrected chi connectivity index (χ1v) is 10.7. The second-order valence-corrected chi connectivity index (χ2v) is 7.42. The molecule has 0 bridgehead atoms. The van der Waals surface area contributed by atoms with E-state index in [1.165, 1.54) is 5.56 Å². The van der Waals surface area contributed by atoms with Crippen molar-refractivity contribution in [2.45, 2.75) is 12.8 Å². The first-order valence-electron chi connectivity index (χ1n) is 10.7. The molecule has 32 heavy (non-hydrogen) atoms. The van der Waals surface area contributed by atoms with Gasteiger partial charge < -0.3 is 9.47 Å². The SMILES string of the molecule is C=CCc1ccc(-c2cccc(Oc3ccccc3)c2)c(Oc2ccccc2)c1CC=C. The number of hydrogen-bond donors (Lipinski definition) is 0. The molecule has 0 unspecified atom stereocenters. The standard InChI is InChI=1S/C30H26O2/c1-3-12-23-20-21-29(30(28(23)13-4-2)32-26-17-9-6-10-18-26)24-14-11-19-27(22-24)31-25-15-7-5-8-16-25/h3-11,14-22H,1-2,12-13H2. The summed E-state index contributed by atoms with van der Waals surface area (Å²) in [5, 5.41) is 0. The van der Waals surface area contributed by atoms with Crippen LogP contribution in [-0.4, -0.2) is 0 Å². The van der Waals surface area contributed by atoms with E-state index < -0.39 is 0 Å². The van der Waals surface area contributed by atoms with Crippen molar-refractivity contribution in [2.24, 2.45) is 0 Å². The van der Waals surface area contributed by atoms with Crippen LogP contribution >= 0.6 is 0 Å².